The third-order valence-electron chi connectivity index (χ3n) is 4.91. The number of hydrogen-bond acceptors (Lipinski definition) is 4. The number of benzene rings is 2. The fraction of sp³-hybridized carbons (Fsp3) is 0.333. The molecule has 0 aromatic heterocycles. The highest BCUT2D eigenvalue weighted by atomic mass is 16.5. The standard InChI is InChI=1S/C24H28N2O4/c1-4-14-30-21-11-7-18(16-22(21)29-3)8-12-23(27)25-19-9-10-20(17(2)15-19)26-13-5-6-24(26)28/h7-12,15-16H,4-6,13-14H2,1-3H3,(H,25,27)/b12-8+. The van der Waals surface area contributed by atoms with Crippen LogP contribution in [0.4, 0.5) is 11.4 Å². The lowest BCUT2D eigenvalue weighted by atomic mass is 10.1. The number of carbonyl (C=O) groups is 2. The van der Waals surface area contributed by atoms with E-state index in [-0.39, 0.29) is 11.8 Å². The van der Waals surface area contributed by atoms with Gasteiger partial charge in [-0.1, -0.05) is 13.0 Å². The number of nitrogens with one attached hydrogen (secondary N) is 1. The minimum Gasteiger partial charge on any atom is -0.493 e. The molecule has 1 saturated heterocycles. The molecule has 158 valence electrons. The van der Waals surface area contributed by atoms with Gasteiger partial charge in [0.15, 0.2) is 11.5 Å². The summed E-state index contributed by atoms with van der Waals surface area (Å²) < 4.78 is 11.0. The van der Waals surface area contributed by atoms with Crippen LogP contribution >= 0.6 is 0 Å². The topological polar surface area (TPSA) is 67.9 Å². The highest BCUT2D eigenvalue weighted by Gasteiger charge is 2.22. The Morgan fingerprint density at radius 3 is 2.70 bits per heavy atom. The molecule has 2 aromatic rings. The highest BCUT2D eigenvalue weighted by molar-refractivity contribution is 6.02. The lowest BCUT2D eigenvalue weighted by molar-refractivity contribution is -0.117. The number of rotatable bonds is 8. The largest absolute Gasteiger partial charge is 0.493 e. The molecule has 1 aliphatic heterocycles. The van der Waals surface area contributed by atoms with Gasteiger partial charge in [-0.3, -0.25) is 9.59 Å². The molecule has 2 aromatic carbocycles. The van der Waals surface area contributed by atoms with Gasteiger partial charge >= 0.3 is 0 Å². The summed E-state index contributed by atoms with van der Waals surface area (Å²) in [6.45, 7) is 5.36. The third-order valence-corrected chi connectivity index (χ3v) is 4.91. The lowest BCUT2D eigenvalue weighted by Gasteiger charge is -2.19. The minimum atomic E-state index is -0.232. The Kier molecular flexibility index (Phi) is 7.12. The van der Waals surface area contributed by atoms with Crippen LogP contribution in [0.1, 0.15) is 37.3 Å². The van der Waals surface area contributed by atoms with Crippen molar-refractivity contribution in [3.8, 4) is 11.5 Å². The molecule has 6 nitrogen and oxygen atoms in total. The minimum absolute atomic E-state index is 0.152. The molecule has 3 rings (SSSR count). The molecule has 0 saturated carbocycles. The maximum absolute atomic E-state index is 12.3. The number of anilines is 2. The van der Waals surface area contributed by atoms with Crippen LogP contribution in [0, 0.1) is 6.92 Å². The van der Waals surface area contributed by atoms with Gasteiger partial charge in [-0.2, -0.15) is 0 Å². The zero-order chi connectivity index (χ0) is 21.5. The third kappa shape index (κ3) is 5.20. The molecule has 0 spiro atoms. The summed E-state index contributed by atoms with van der Waals surface area (Å²) in [6, 6.07) is 11.1. The Bertz CT molecular complexity index is 952. The lowest BCUT2D eigenvalue weighted by Crippen LogP contribution is -2.24. The Labute approximate surface area is 177 Å². The van der Waals surface area contributed by atoms with E-state index in [0.717, 1.165) is 36.2 Å². The highest BCUT2D eigenvalue weighted by Crippen LogP contribution is 2.29. The van der Waals surface area contributed by atoms with Crippen LogP contribution in [-0.2, 0) is 9.59 Å². The summed E-state index contributed by atoms with van der Waals surface area (Å²) in [5.41, 5.74) is 3.39. The summed E-state index contributed by atoms with van der Waals surface area (Å²) in [7, 11) is 1.59. The number of methoxy groups -OCH3 is 1. The molecular formula is C24H28N2O4. The molecule has 1 aliphatic rings. The van der Waals surface area contributed by atoms with Crippen molar-refractivity contribution >= 4 is 29.3 Å². The van der Waals surface area contributed by atoms with E-state index in [1.54, 1.807) is 13.2 Å². The molecular weight excluding hydrogens is 380 g/mol. The van der Waals surface area contributed by atoms with Crippen molar-refractivity contribution in [2.45, 2.75) is 33.1 Å². The molecule has 2 amide bonds. The van der Waals surface area contributed by atoms with E-state index < -0.39 is 0 Å². The second-order valence-electron chi connectivity index (χ2n) is 7.23. The van der Waals surface area contributed by atoms with E-state index in [1.807, 2.05) is 55.1 Å². The van der Waals surface area contributed by atoms with Crippen molar-refractivity contribution in [1.29, 1.82) is 0 Å². The fourth-order valence-corrected chi connectivity index (χ4v) is 3.41. The smallest absolute Gasteiger partial charge is 0.248 e. The SMILES string of the molecule is CCCOc1ccc(/C=C/C(=O)Nc2ccc(N3CCCC3=O)c(C)c2)cc1OC. The Balaban J connectivity index is 1.64. The zero-order valence-corrected chi connectivity index (χ0v) is 17.7. The molecule has 30 heavy (non-hydrogen) atoms. The molecule has 0 atom stereocenters. The van der Waals surface area contributed by atoms with Gasteiger partial charge in [-0.05, 0) is 67.3 Å². The summed E-state index contributed by atoms with van der Waals surface area (Å²) >= 11 is 0. The van der Waals surface area contributed by atoms with Gasteiger partial charge in [-0.15, -0.1) is 0 Å². The molecule has 1 fully saturated rings. The van der Waals surface area contributed by atoms with E-state index in [2.05, 4.69) is 5.32 Å². The summed E-state index contributed by atoms with van der Waals surface area (Å²) in [6.07, 6.45) is 5.61. The average Bonchev–Trinajstić information content (AvgIpc) is 3.16. The number of hydrogen-bond donors (Lipinski definition) is 1. The molecule has 0 aliphatic carbocycles. The first-order chi connectivity index (χ1) is 14.5. The van der Waals surface area contributed by atoms with Gasteiger partial charge in [0.25, 0.3) is 0 Å². The van der Waals surface area contributed by atoms with Gasteiger partial charge in [0.1, 0.15) is 0 Å². The van der Waals surface area contributed by atoms with Crippen LogP contribution in [0.2, 0.25) is 0 Å². The van der Waals surface area contributed by atoms with Crippen LogP contribution in [0.5, 0.6) is 11.5 Å². The molecule has 6 heteroatoms. The normalized spacial score (nSPS) is 13.7. The maximum Gasteiger partial charge on any atom is 0.248 e. The van der Waals surface area contributed by atoms with Gasteiger partial charge < -0.3 is 19.7 Å². The quantitative estimate of drug-likeness (QED) is 0.650. The van der Waals surface area contributed by atoms with Crippen molar-refractivity contribution in [1.82, 2.24) is 0 Å². The summed E-state index contributed by atoms with van der Waals surface area (Å²) in [5, 5.41) is 2.86. The van der Waals surface area contributed by atoms with E-state index in [9.17, 15) is 9.59 Å². The van der Waals surface area contributed by atoms with Crippen LogP contribution in [0.15, 0.2) is 42.5 Å². The Hall–Kier alpha value is -3.28. The van der Waals surface area contributed by atoms with Gasteiger partial charge in [-0.25, -0.2) is 0 Å². The van der Waals surface area contributed by atoms with Gasteiger partial charge in [0, 0.05) is 30.4 Å². The second kappa shape index (κ2) is 9.96. The first-order valence-electron chi connectivity index (χ1n) is 10.2. The first kappa shape index (κ1) is 21.4. The van der Waals surface area contributed by atoms with Crippen LogP contribution < -0.4 is 19.7 Å². The maximum atomic E-state index is 12.3. The monoisotopic (exact) mass is 408 g/mol. The summed E-state index contributed by atoms with van der Waals surface area (Å²) in [4.78, 5) is 26.1. The van der Waals surface area contributed by atoms with Gasteiger partial charge in [0.2, 0.25) is 11.8 Å². The van der Waals surface area contributed by atoms with E-state index >= 15 is 0 Å². The van der Waals surface area contributed by atoms with Crippen LogP contribution in [-0.4, -0.2) is 32.1 Å². The average molecular weight is 408 g/mol. The van der Waals surface area contributed by atoms with E-state index in [1.165, 1.54) is 6.08 Å². The molecule has 1 heterocycles. The second-order valence-corrected chi connectivity index (χ2v) is 7.23. The molecule has 1 N–H and O–H groups in total. The predicted molar refractivity (Wildman–Crippen MR) is 119 cm³/mol. The zero-order valence-electron chi connectivity index (χ0n) is 17.7. The molecule has 0 unspecified atom stereocenters. The Morgan fingerprint density at radius 2 is 2.03 bits per heavy atom. The number of nitrogens with zero attached hydrogens (tertiary/aromatic N) is 1. The van der Waals surface area contributed by atoms with Gasteiger partial charge in [0.05, 0.1) is 13.7 Å². The number of amides is 2. The summed E-state index contributed by atoms with van der Waals surface area (Å²) in [5.74, 6) is 1.24. The van der Waals surface area contributed by atoms with E-state index in [4.69, 9.17) is 9.47 Å². The number of ether oxygens (including phenoxy) is 2. The Morgan fingerprint density at radius 1 is 1.20 bits per heavy atom. The van der Waals surface area contributed by atoms with Crippen molar-refractivity contribution in [2.24, 2.45) is 0 Å². The van der Waals surface area contributed by atoms with Crippen molar-refractivity contribution in [2.75, 3.05) is 30.5 Å². The van der Waals surface area contributed by atoms with Crippen LogP contribution in [0.25, 0.3) is 6.08 Å². The molecule has 0 bridgehead atoms. The van der Waals surface area contributed by atoms with Crippen LogP contribution in [0.3, 0.4) is 0 Å². The van der Waals surface area contributed by atoms with Crippen molar-refractivity contribution in [3.63, 3.8) is 0 Å². The van der Waals surface area contributed by atoms with Crippen molar-refractivity contribution < 1.29 is 19.1 Å². The molecule has 0 radical (unpaired) electrons. The number of carbonyl (C=O) groups excluding carboxylic acids is 2. The number of aryl methyl sites for hydroxylation is 1. The fourth-order valence-electron chi connectivity index (χ4n) is 3.41. The first-order valence-corrected chi connectivity index (χ1v) is 10.2. The predicted octanol–water partition coefficient (Wildman–Crippen LogP) is 4.57. The van der Waals surface area contributed by atoms with E-state index in [0.29, 0.717) is 30.2 Å². The van der Waals surface area contributed by atoms with Crippen molar-refractivity contribution in [3.05, 3.63) is 53.6 Å².